The van der Waals surface area contributed by atoms with Crippen molar-refractivity contribution in [1.82, 2.24) is 0 Å². The molecule has 1 saturated heterocycles. The fourth-order valence-electron chi connectivity index (χ4n) is 6.69. The maximum atomic E-state index is 12.1. The topological polar surface area (TPSA) is 107 Å². The van der Waals surface area contributed by atoms with Crippen molar-refractivity contribution >= 4 is 33.0 Å². The summed E-state index contributed by atoms with van der Waals surface area (Å²) in [5.74, 6) is 0.615. The second-order valence-electron chi connectivity index (χ2n) is 10.7. The van der Waals surface area contributed by atoms with Crippen LogP contribution in [0, 0.1) is 17.3 Å². The van der Waals surface area contributed by atoms with Gasteiger partial charge in [0.05, 0.1) is 5.60 Å². The van der Waals surface area contributed by atoms with Crippen LogP contribution < -0.4 is 0 Å². The lowest BCUT2D eigenvalue weighted by Gasteiger charge is -2.59. The average molecular weight is 548 g/mol. The summed E-state index contributed by atoms with van der Waals surface area (Å²) in [5, 5.41) is 10.5. The highest BCUT2D eigenvalue weighted by molar-refractivity contribution is 7.97. The molecule has 2 unspecified atom stereocenters. The number of rotatable bonds is 7. The van der Waals surface area contributed by atoms with Crippen molar-refractivity contribution in [1.29, 1.82) is 0 Å². The first-order valence-corrected chi connectivity index (χ1v) is 15.5. The van der Waals surface area contributed by atoms with Crippen LogP contribution in [0.15, 0.2) is 30.3 Å². The summed E-state index contributed by atoms with van der Waals surface area (Å²) in [6, 6.07) is 9.66. The van der Waals surface area contributed by atoms with Crippen LogP contribution in [0.5, 0.6) is 0 Å². The lowest BCUT2D eigenvalue weighted by Crippen LogP contribution is -2.57. The van der Waals surface area contributed by atoms with Gasteiger partial charge < -0.3 is 14.0 Å². The number of hydrogen-bond acceptors (Lipinski definition) is 7. The summed E-state index contributed by atoms with van der Waals surface area (Å²) in [7, 11) is -4.85. The molecule has 0 aromatic heterocycles. The standard InChI is InChI=1S/C13H18F2O6S.C12H15OS/c14-10(15)22(18,19)21-11(16)20-7-12-2-8-1-9(3-12)5-13(17,4-8)6-12;13-12(10-14-8-4-5-9-14)11-6-2-1-3-7-11/h8-10,17H,1-7H2;1-3,6-7H,4-5,8-10H2/q;+1. The Morgan fingerprint density at radius 3 is 2.22 bits per heavy atom. The van der Waals surface area contributed by atoms with E-state index in [0.29, 0.717) is 34.9 Å². The number of alkyl halides is 2. The second kappa shape index (κ2) is 10.9. The quantitative estimate of drug-likeness (QED) is 0.235. The zero-order valence-electron chi connectivity index (χ0n) is 20.1. The molecule has 0 spiro atoms. The van der Waals surface area contributed by atoms with E-state index < -0.39 is 33.0 Å². The van der Waals surface area contributed by atoms with E-state index in [1.165, 1.54) is 24.3 Å². The normalized spacial score (nSPS) is 31.1. The van der Waals surface area contributed by atoms with Crippen LogP contribution in [0.3, 0.4) is 0 Å². The second-order valence-corrected chi connectivity index (χ2v) is 14.6. The van der Waals surface area contributed by atoms with Crippen molar-refractivity contribution < 1.29 is 40.8 Å². The van der Waals surface area contributed by atoms with E-state index in [4.69, 9.17) is 4.74 Å². The molecule has 0 radical (unpaired) electrons. The third kappa shape index (κ3) is 6.77. The molecule has 1 heterocycles. The molecule has 36 heavy (non-hydrogen) atoms. The first-order valence-electron chi connectivity index (χ1n) is 12.3. The van der Waals surface area contributed by atoms with Crippen molar-refractivity contribution in [3.8, 4) is 0 Å². The van der Waals surface area contributed by atoms with E-state index in [1.807, 2.05) is 30.3 Å². The number of halogens is 2. The van der Waals surface area contributed by atoms with E-state index in [1.54, 1.807) is 0 Å². The van der Waals surface area contributed by atoms with Gasteiger partial charge in [-0.3, -0.25) is 4.79 Å². The number of ether oxygens (including phenoxy) is 1. The van der Waals surface area contributed by atoms with E-state index in [-0.39, 0.29) is 6.61 Å². The number of carbonyl (C=O) groups excluding carboxylic acids is 2. The molecule has 5 fully saturated rings. The zero-order valence-corrected chi connectivity index (χ0v) is 21.7. The number of ketones is 1. The fourth-order valence-corrected chi connectivity index (χ4v) is 9.26. The molecule has 1 N–H and O–H groups in total. The van der Waals surface area contributed by atoms with Gasteiger partial charge in [0, 0.05) is 11.0 Å². The van der Waals surface area contributed by atoms with Gasteiger partial charge in [0.25, 0.3) is 0 Å². The SMILES string of the molecule is O=C(C[S+]1CCCC1)c1ccccc1.O=C(OCC12CC3CC(CC(O)(C3)C1)C2)OS(=O)(=O)C(F)F. The van der Waals surface area contributed by atoms with Gasteiger partial charge in [-0.25, -0.2) is 4.79 Å². The summed E-state index contributed by atoms with van der Waals surface area (Å²) in [6.45, 7) is -0.111. The van der Waals surface area contributed by atoms with Gasteiger partial charge in [0.2, 0.25) is 5.78 Å². The van der Waals surface area contributed by atoms with Gasteiger partial charge in [-0.05, 0) is 74.1 Å². The predicted octanol–water partition coefficient (Wildman–Crippen LogP) is 4.30. The van der Waals surface area contributed by atoms with Crippen molar-refractivity contribution in [2.75, 3.05) is 23.9 Å². The van der Waals surface area contributed by atoms with Crippen LogP contribution in [0.1, 0.15) is 61.7 Å². The molecule has 2 atom stereocenters. The van der Waals surface area contributed by atoms with Crippen LogP contribution >= 0.6 is 0 Å². The highest BCUT2D eigenvalue weighted by Crippen LogP contribution is 2.61. The largest absolute Gasteiger partial charge is 0.524 e. The Morgan fingerprint density at radius 2 is 1.67 bits per heavy atom. The van der Waals surface area contributed by atoms with Crippen LogP contribution in [-0.4, -0.2) is 60.7 Å². The molecule has 4 saturated carbocycles. The van der Waals surface area contributed by atoms with E-state index in [0.717, 1.165) is 43.4 Å². The van der Waals surface area contributed by atoms with Gasteiger partial charge in [0.15, 0.2) is 5.75 Å². The molecule has 200 valence electrons. The van der Waals surface area contributed by atoms with E-state index >= 15 is 0 Å². The Morgan fingerprint density at radius 1 is 1.06 bits per heavy atom. The smallest absolute Gasteiger partial charge is 0.433 e. The van der Waals surface area contributed by atoms with Crippen molar-refractivity contribution in [2.45, 2.75) is 62.7 Å². The molecule has 6 rings (SSSR count). The number of benzene rings is 1. The molecule has 1 aromatic carbocycles. The Bertz CT molecular complexity index is 1030. The number of Topliss-reactive ketones (excluding diaryl/α,β-unsaturated/α-hetero) is 1. The average Bonchev–Trinajstić information content (AvgIpc) is 3.30. The number of aliphatic hydroxyl groups is 1. The minimum atomic E-state index is -5.24. The predicted molar refractivity (Wildman–Crippen MR) is 131 cm³/mol. The Hall–Kier alpha value is -1.72. The third-order valence-electron chi connectivity index (χ3n) is 7.60. The Labute approximate surface area is 213 Å². The number of hydrogen-bond donors (Lipinski definition) is 1. The minimum Gasteiger partial charge on any atom is -0.433 e. The van der Waals surface area contributed by atoms with Gasteiger partial charge >= 0.3 is 22.0 Å². The Kier molecular flexibility index (Phi) is 8.31. The molecule has 4 bridgehead atoms. The van der Waals surface area contributed by atoms with Gasteiger partial charge in [-0.2, -0.15) is 17.2 Å². The number of carbonyl (C=O) groups is 2. The summed E-state index contributed by atoms with van der Waals surface area (Å²) < 4.78 is 54.3. The lowest BCUT2D eigenvalue weighted by molar-refractivity contribution is -0.176. The molecule has 1 aliphatic heterocycles. The fraction of sp³-hybridized carbons (Fsp3) is 0.680. The minimum absolute atomic E-state index is 0.111. The summed E-state index contributed by atoms with van der Waals surface area (Å²) in [4.78, 5) is 23.1. The van der Waals surface area contributed by atoms with Gasteiger partial charge in [-0.1, -0.05) is 30.3 Å². The molecular formula is C25H33F2O7S2+. The molecule has 0 amide bonds. The summed E-state index contributed by atoms with van der Waals surface area (Å²) >= 11 is 0. The molecule has 4 aliphatic carbocycles. The molecule has 1 aromatic rings. The van der Waals surface area contributed by atoms with Crippen molar-refractivity contribution in [3.05, 3.63) is 35.9 Å². The maximum absolute atomic E-state index is 12.1. The molecule has 7 nitrogen and oxygen atoms in total. The molecule has 5 aliphatic rings. The van der Waals surface area contributed by atoms with Crippen LogP contribution in [0.2, 0.25) is 0 Å². The summed E-state index contributed by atoms with van der Waals surface area (Å²) in [6.07, 6.45) is 5.63. The first-order chi connectivity index (χ1) is 17.0. The van der Waals surface area contributed by atoms with Gasteiger partial charge in [0.1, 0.15) is 18.1 Å². The van der Waals surface area contributed by atoms with Crippen molar-refractivity contribution in [2.24, 2.45) is 17.3 Å². The highest BCUT2D eigenvalue weighted by atomic mass is 32.2. The summed E-state index contributed by atoms with van der Waals surface area (Å²) in [5.41, 5.74) is -0.259. The highest BCUT2D eigenvalue weighted by Gasteiger charge is 2.57. The van der Waals surface area contributed by atoms with Crippen LogP contribution in [0.4, 0.5) is 13.6 Å². The third-order valence-corrected chi connectivity index (χ3v) is 10.8. The monoisotopic (exact) mass is 547 g/mol. The Balaban J connectivity index is 0.000000187. The van der Waals surface area contributed by atoms with E-state index in [9.17, 15) is 31.9 Å². The lowest BCUT2D eigenvalue weighted by atomic mass is 9.48. The first kappa shape index (κ1) is 27.3. The molecular weight excluding hydrogens is 514 g/mol. The van der Waals surface area contributed by atoms with Gasteiger partial charge in [-0.15, -0.1) is 0 Å². The van der Waals surface area contributed by atoms with Crippen LogP contribution in [0.25, 0.3) is 0 Å². The molecule has 11 heteroatoms. The van der Waals surface area contributed by atoms with E-state index in [2.05, 4.69) is 4.18 Å². The zero-order chi connectivity index (χ0) is 26.0. The van der Waals surface area contributed by atoms with Crippen molar-refractivity contribution in [3.63, 3.8) is 0 Å². The maximum Gasteiger partial charge on any atom is 0.524 e. The van der Waals surface area contributed by atoms with Crippen LogP contribution in [-0.2, 0) is 29.9 Å².